The van der Waals surface area contributed by atoms with Crippen LogP contribution >= 0.6 is 22.6 Å². The Morgan fingerprint density at radius 2 is 0.817 bits per heavy atom. The molecule has 0 aliphatic carbocycles. The van der Waals surface area contributed by atoms with Crippen molar-refractivity contribution >= 4 is 28.6 Å². The van der Waals surface area contributed by atoms with Gasteiger partial charge >= 0.3 is 5.97 Å². The first-order chi connectivity index (χ1) is 28.9. The van der Waals surface area contributed by atoms with Crippen molar-refractivity contribution < 1.29 is 34.7 Å². The fourth-order valence-corrected chi connectivity index (χ4v) is 7.39. The van der Waals surface area contributed by atoms with E-state index in [9.17, 15) is 9.90 Å². The number of hydrogen-bond acceptors (Lipinski definition) is 7. The molecule has 1 N–H and O–H groups in total. The molecule has 8 aromatic rings. The van der Waals surface area contributed by atoms with E-state index in [0.29, 0.717) is 11.4 Å². The van der Waals surface area contributed by atoms with Gasteiger partial charge in [0.25, 0.3) is 0 Å². The molecular formula is C49H46IIrN6O3-. The minimum atomic E-state index is -0.848. The van der Waals surface area contributed by atoms with Gasteiger partial charge in [0.1, 0.15) is 5.69 Å². The topological polar surface area (TPSA) is 108 Å². The Balaban J connectivity index is 0.000000216. The van der Waals surface area contributed by atoms with Crippen LogP contribution < -0.4 is 0 Å². The van der Waals surface area contributed by atoms with Crippen LogP contribution in [-0.2, 0) is 42.5 Å². The molecule has 307 valence electrons. The maximum Gasteiger partial charge on any atom is 0.360 e. The van der Waals surface area contributed by atoms with Gasteiger partial charge in [-0.3, -0.25) is 4.93 Å². The van der Waals surface area contributed by atoms with Crippen molar-refractivity contribution in [3.05, 3.63) is 243 Å². The summed E-state index contributed by atoms with van der Waals surface area (Å²) in [5.41, 5.74) is 6.64. The molecule has 0 fully saturated rings. The minimum absolute atomic E-state index is 0. The molecule has 0 spiro atoms. The molecule has 8 rings (SSSR count). The molecule has 6 aromatic carbocycles. The van der Waals surface area contributed by atoms with E-state index in [0.717, 1.165) is 39.1 Å². The van der Waals surface area contributed by atoms with Crippen LogP contribution in [0.15, 0.2) is 182 Å². The van der Waals surface area contributed by atoms with Gasteiger partial charge in [0.05, 0.1) is 24.6 Å². The molecule has 0 bridgehead atoms. The van der Waals surface area contributed by atoms with Crippen LogP contribution in [0.2, 0.25) is 0 Å². The van der Waals surface area contributed by atoms with Crippen molar-refractivity contribution in [2.24, 2.45) is 0 Å². The minimum Gasteiger partial charge on any atom is -0.461 e. The molecule has 1 radical (unpaired) electrons. The average molecular weight is 1090 g/mol. The third-order valence-corrected chi connectivity index (χ3v) is 10.0. The van der Waals surface area contributed by atoms with E-state index < -0.39 is 17.0 Å². The summed E-state index contributed by atoms with van der Waals surface area (Å²) in [6, 6.07) is 61.0. The predicted molar refractivity (Wildman–Crippen MR) is 240 cm³/mol. The Morgan fingerprint density at radius 3 is 1.08 bits per heavy atom. The maximum absolute atomic E-state index is 12.5. The molecule has 0 aliphatic rings. The molecule has 0 saturated heterocycles. The van der Waals surface area contributed by atoms with E-state index in [4.69, 9.17) is 14.9 Å². The normalized spacial score (nSPS) is 10.9. The van der Waals surface area contributed by atoms with E-state index in [1.54, 1.807) is 23.4 Å². The number of benzene rings is 6. The fourth-order valence-electron chi connectivity index (χ4n) is 7.39. The van der Waals surface area contributed by atoms with Gasteiger partial charge in [0.15, 0.2) is 16.8 Å². The molecule has 2 aromatic heterocycles. The number of esters is 1. The van der Waals surface area contributed by atoms with Crippen LogP contribution in [0.5, 0.6) is 0 Å². The van der Waals surface area contributed by atoms with Crippen LogP contribution in [-0.4, -0.2) is 47.7 Å². The molecule has 2 heterocycles. The number of aryl methyl sites for hydroxylation is 2. The van der Waals surface area contributed by atoms with Gasteiger partial charge < -0.3 is 32.4 Å². The van der Waals surface area contributed by atoms with Crippen molar-refractivity contribution in [2.45, 2.75) is 38.5 Å². The molecule has 0 atom stereocenters. The number of halogens is 1. The summed E-state index contributed by atoms with van der Waals surface area (Å²) in [6.07, 6.45) is 0. The average Bonchev–Trinajstić information content (AvgIpc) is 3.89. The maximum atomic E-state index is 12.5. The van der Waals surface area contributed by atoms with Crippen LogP contribution in [0.1, 0.15) is 67.9 Å². The third kappa shape index (κ3) is 9.09. The molecule has 11 heteroatoms. The Labute approximate surface area is 379 Å². The van der Waals surface area contributed by atoms with Crippen molar-refractivity contribution in [1.29, 1.82) is 0 Å². The first-order valence-electron chi connectivity index (χ1n) is 19.2. The van der Waals surface area contributed by atoms with Gasteiger partial charge in [-0.1, -0.05) is 182 Å². The zero-order chi connectivity index (χ0) is 41.7. The zero-order valence-corrected chi connectivity index (χ0v) is 38.2. The van der Waals surface area contributed by atoms with Crippen LogP contribution in [0.4, 0.5) is 0 Å². The summed E-state index contributed by atoms with van der Waals surface area (Å²) in [5.74, 6) is -0.468. The summed E-state index contributed by atoms with van der Waals surface area (Å²) < 4.78 is 5.20. The number of aliphatic hydroxyl groups excluding tert-OH is 1. The van der Waals surface area contributed by atoms with Crippen molar-refractivity contribution in [1.82, 2.24) is 30.0 Å². The molecule has 60 heavy (non-hydrogen) atoms. The number of carbonyl (C=O) groups excluding carboxylic acids is 1. The third-order valence-electron chi connectivity index (χ3n) is 10.0. The standard InChI is InChI=1S/C25H23N3O2.C23H21N3O.CH2I.Ir/c1-3-30-24(29)23-19(2)26-28(27-23)25(20-13-7-4-8-14-20,21-15-9-5-10-16-21)22-17-11-6-12-18-22;1-18-22(17-27)25-26(24-18)23(19-11-5-2-6-12-19,20-13-7-3-8-14-20)21-15-9-4-10-16-21;1-2;/h4-18H,3H2,1-2H3;2-16,27H,17H2,1H3;1H2;/q;;-1;. The second kappa shape index (κ2) is 21.6. The first kappa shape index (κ1) is 45.5. The van der Waals surface area contributed by atoms with Crippen molar-refractivity contribution in [2.75, 3.05) is 6.61 Å². The van der Waals surface area contributed by atoms with Crippen LogP contribution in [0.3, 0.4) is 0 Å². The number of hydrogen-bond donors (Lipinski definition) is 1. The van der Waals surface area contributed by atoms with Crippen molar-refractivity contribution in [3.63, 3.8) is 0 Å². The van der Waals surface area contributed by atoms with E-state index in [2.05, 4.69) is 87.9 Å². The number of carbonyl (C=O) groups is 1. The van der Waals surface area contributed by atoms with Crippen LogP contribution in [0, 0.1) is 18.8 Å². The second-order valence-corrected chi connectivity index (χ2v) is 13.4. The second-order valence-electron chi connectivity index (χ2n) is 13.4. The number of aliphatic hydroxyl groups is 1. The van der Waals surface area contributed by atoms with Gasteiger partial charge in [-0.25, -0.2) is 4.79 Å². The van der Waals surface area contributed by atoms with Gasteiger partial charge in [-0.2, -0.15) is 24.9 Å². The quantitative estimate of drug-likeness (QED) is 0.0595. The van der Waals surface area contributed by atoms with Gasteiger partial charge in [-0.05, 0) is 54.2 Å². The van der Waals surface area contributed by atoms with E-state index in [1.807, 2.05) is 139 Å². The zero-order valence-electron chi connectivity index (χ0n) is 33.6. The SMILES string of the molecule is CCOC(=O)c1nn(C(c2ccccc2)(c2ccccc2)c2ccccc2)nc1C.Cc1nn(C(c2ccccc2)(c2ccccc2)c2ccccc2)nc1CO.[CH2-]I.[Ir]. The Hall–Kier alpha value is -5.59. The summed E-state index contributed by atoms with van der Waals surface area (Å²) in [7, 11) is 0. The number of ether oxygens (including phenoxy) is 1. The van der Waals surface area contributed by atoms with Gasteiger partial charge in [0, 0.05) is 20.1 Å². The summed E-state index contributed by atoms with van der Waals surface area (Å²) in [5, 5.41) is 28.5. The predicted octanol–water partition coefficient (Wildman–Crippen LogP) is 9.73. The monoisotopic (exact) mass is 1090 g/mol. The Morgan fingerprint density at radius 1 is 0.533 bits per heavy atom. The number of nitrogens with zero attached hydrogens (tertiary/aromatic N) is 6. The van der Waals surface area contributed by atoms with E-state index in [1.165, 1.54) is 0 Å². The van der Waals surface area contributed by atoms with Gasteiger partial charge in [-0.15, -0.1) is 5.10 Å². The summed E-state index contributed by atoms with van der Waals surface area (Å²) >= 11 is 1.90. The molecule has 0 amide bonds. The smallest absolute Gasteiger partial charge is 0.360 e. The molecule has 9 nitrogen and oxygen atoms in total. The molecule has 0 saturated carbocycles. The largest absolute Gasteiger partial charge is 0.461 e. The van der Waals surface area contributed by atoms with E-state index >= 15 is 0 Å². The molecular weight excluding hydrogens is 1040 g/mol. The Kier molecular flexibility index (Phi) is 16.4. The Bertz CT molecular complexity index is 2310. The molecule has 0 unspecified atom stereocenters. The first-order valence-corrected chi connectivity index (χ1v) is 20.7. The summed E-state index contributed by atoms with van der Waals surface area (Å²) in [4.78, 5) is 19.1. The molecule has 0 aliphatic heterocycles. The summed E-state index contributed by atoms with van der Waals surface area (Å²) in [6.45, 7) is 5.58. The number of aromatic nitrogens is 6. The van der Waals surface area contributed by atoms with Crippen molar-refractivity contribution in [3.8, 4) is 0 Å². The number of rotatable bonds is 11. The fraction of sp³-hybridized carbons (Fsp3) is 0.143. The van der Waals surface area contributed by atoms with E-state index in [-0.39, 0.29) is 39.0 Å². The van der Waals surface area contributed by atoms with Gasteiger partial charge in [0.2, 0.25) is 0 Å². The van der Waals surface area contributed by atoms with Crippen LogP contribution in [0.25, 0.3) is 0 Å².